The van der Waals surface area contributed by atoms with Crippen LogP contribution in [-0.4, -0.2) is 6.04 Å². The average molecular weight is 218 g/mol. The molecule has 0 bridgehead atoms. The Kier molecular flexibility index (Phi) is 2.82. The zero-order valence-corrected chi connectivity index (χ0v) is 9.55. The topological polar surface area (TPSA) is 35.8 Å². The highest BCUT2D eigenvalue weighted by atomic mass is 19.1. The second kappa shape index (κ2) is 4.13. The van der Waals surface area contributed by atoms with E-state index in [-0.39, 0.29) is 5.82 Å². The molecule has 1 N–H and O–H groups in total. The number of hydrogen-bond acceptors (Lipinski definition) is 2. The number of nitrogens with zero attached hydrogens (tertiary/aromatic N) is 1. The zero-order valence-electron chi connectivity index (χ0n) is 9.55. The molecule has 1 atom stereocenters. The van der Waals surface area contributed by atoms with E-state index in [0.29, 0.717) is 23.1 Å². The van der Waals surface area contributed by atoms with E-state index in [4.69, 9.17) is 5.26 Å². The molecular weight excluding hydrogens is 203 g/mol. The highest BCUT2D eigenvalue weighted by molar-refractivity contribution is 5.56. The van der Waals surface area contributed by atoms with Crippen LogP contribution in [0, 0.1) is 30.0 Å². The smallest absolute Gasteiger partial charge is 0.129 e. The lowest BCUT2D eigenvalue weighted by atomic mass is 10.1. The number of benzene rings is 1. The van der Waals surface area contributed by atoms with E-state index >= 15 is 0 Å². The van der Waals surface area contributed by atoms with E-state index in [1.54, 1.807) is 13.0 Å². The van der Waals surface area contributed by atoms with Gasteiger partial charge in [-0.05, 0) is 44.7 Å². The Hall–Kier alpha value is -1.56. The van der Waals surface area contributed by atoms with Crippen molar-refractivity contribution in [1.29, 1.82) is 5.26 Å². The first-order chi connectivity index (χ1) is 7.61. The van der Waals surface area contributed by atoms with Crippen LogP contribution < -0.4 is 5.32 Å². The van der Waals surface area contributed by atoms with E-state index in [9.17, 15) is 4.39 Å². The summed E-state index contributed by atoms with van der Waals surface area (Å²) < 4.78 is 13.5. The first-order valence-corrected chi connectivity index (χ1v) is 5.58. The number of halogens is 1. The van der Waals surface area contributed by atoms with E-state index in [1.165, 1.54) is 18.9 Å². The quantitative estimate of drug-likeness (QED) is 0.845. The summed E-state index contributed by atoms with van der Waals surface area (Å²) in [6, 6.07) is 5.33. The molecule has 1 aliphatic rings. The number of nitrogens with one attached hydrogen (secondary N) is 1. The summed E-state index contributed by atoms with van der Waals surface area (Å²) in [6.07, 6.45) is 2.49. The lowest BCUT2D eigenvalue weighted by Gasteiger charge is -2.17. The molecule has 1 aliphatic carbocycles. The standard InChI is InChI=1S/C13H15FN2/c1-8-12(14)5-10(7-15)6-13(8)16-9(2)11-3-4-11/h5-6,9,11,16H,3-4H2,1-2H3. The predicted octanol–water partition coefficient (Wildman–Crippen LogP) is 3.22. The van der Waals surface area contributed by atoms with Gasteiger partial charge in [-0.1, -0.05) is 0 Å². The molecule has 1 fully saturated rings. The maximum Gasteiger partial charge on any atom is 0.129 e. The lowest BCUT2D eigenvalue weighted by molar-refractivity contribution is 0.616. The zero-order chi connectivity index (χ0) is 11.7. The molecule has 0 aliphatic heterocycles. The molecule has 16 heavy (non-hydrogen) atoms. The largest absolute Gasteiger partial charge is 0.382 e. The molecule has 1 aromatic carbocycles. The van der Waals surface area contributed by atoms with Gasteiger partial charge in [-0.3, -0.25) is 0 Å². The van der Waals surface area contributed by atoms with E-state index < -0.39 is 0 Å². The van der Waals surface area contributed by atoms with Crippen molar-refractivity contribution in [3.8, 4) is 6.07 Å². The summed E-state index contributed by atoms with van der Waals surface area (Å²) in [5.41, 5.74) is 1.70. The Morgan fingerprint density at radius 2 is 2.19 bits per heavy atom. The van der Waals surface area contributed by atoms with Gasteiger partial charge < -0.3 is 5.32 Å². The fourth-order valence-electron chi connectivity index (χ4n) is 1.85. The van der Waals surface area contributed by atoms with Gasteiger partial charge in [-0.15, -0.1) is 0 Å². The molecule has 0 aromatic heterocycles. The molecule has 1 unspecified atom stereocenters. The first-order valence-electron chi connectivity index (χ1n) is 5.58. The van der Waals surface area contributed by atoms with Crippen molar-refractivity contribution in [2.24, 2.45) is 5.92 Å². The molecule has 0 amide bonds. The number of rotatable bonds is 3. The van der Waals surface area contributed by atoms with Gasteiger partial charge in [-0.2, -0.15) is 5.26 Å². The minimum absolute atomic E-state index is 0.315. The Morgan fingerprint density at radius 1 is 1.50 bits per heavy atom. The van der Waals surface area contributed by atoms with Crippen LogP contribution in [0.4, 0.5) is 10.1 Å². The summed E-state index contributed by atoms with van der Waals surface area (Å²) in [4.78, 5) is 0. The van der Waals surface area contributed by atoms with Crippen LogP contribution in [0.2, 0.25) is 0 Å². The van der Waals surface area contributed by atoms with Crippen molar-refractivity contribution in [1.82, 2.24) is 0 Å². The van der Waals surface area contributed by atoms with Crippen molar-refractivity contribution >= 4 is 5.69 Å². The summed E-state index contributed by atoms with van der Waals surface area (Å²) >= 11 is 0. The first kappa shape index (κ1) is 10.9. The molecule has 0 heterocycles. The normalized spacial score (nSPS) is 16.6. The molecule has 0 radical (unpaired) electrons. The second-order valence-electron chi connectivity index (χ2n) is 4.51. The summed E-state index contributed by atoms with van der Waals surface area (Å²) in [6.45, 7) is 3.84. The Morgan fingerprint density at radius 3 is 2.75 bits per heavy atom. The minimum Gasteiger partial charge on any atom is -0.382 e. The summed E-state index contributed by atoms with van der Waals surface area (Å²) in [7, 11) is 0. The predicted molar refractivity (Wildman–Crippen MR) is 61.7 cm³/mol. The van der Waals surface area contributed by atoms with Gasteiger partial charge in [0.15, 0.2) is 0 Å². The maximum atomic E-state index is 13.5. The molecule has 1 saturated carbocycles. The second-order valence-corrected chi connectivity index (χ2v) is 4.51. The summed E-state index contributed by atoms with van der Waals surface area (Å²) in [5, 5.41) is 12.1. The molecule has 0 spiro atoms. The third-order valence-corrected chi connectivity index (χ3v) is 3.19. The number of nitriles is 1. The van der Waals surface area contributed by atoms with Crippen LogP contribution in [0.5, 0.6) is 0 Å². The Bertz CT molecular complexity index is 444. The van der Waals surface area contributed by atoms with Crippen LogP contribution >= 0.6 is 0 Å². The minimum atomic E-state index is -0.315. The van der Waals surface area contributed by atoms with Gasteiger partial charge in [0, 0.05) is 17.3 Å². The van der Waals surface area contributed by atoms with Crippen molar-refractivity contribution in [2.45, 2.75) is 32.7 Å². The third kappa shape index (κ3) is 2.16. The van der Waals surface area contributed by atoms with Crippen LogP contribution in [0.1, 0.15) is 30.9 Å². The fraction of sp³-hybridized carbons (Fsp3) is 0.462. The SMILES string of the molecule is Cc1c(F)cc(C#N)cc1NC(C)C1CC1. The molecule has 84 valence electrons. The molecule has 2 nitrogen and oxygen atoms in total. The van der Waals surface area contributed by atoms with E-state index in [1.807, 2.05) is 6.07 Å². The molecule has 0 saturated heterocycles. The van der Waals surface area contributed by atoms with Crippen molar-refractivity contribution in [2.75, 3.05) is 5.32 Å². The molecule has 2 rings (SSSR count). The number of anilines is 1. The van der Waals surface area contributed by atoms with Gasteiger partial charge in [0.25, 0.3) is 0 Å². The van der Waals surface area contributed by atoms with E-state index in [0.717, 1.165) is 5.69 Å². The summed E-state index contributed by atoms with van der Waals surface area (Å²) in [5.74, 6) is 0.387. The molecule has 3 heteroatoms. The van der Waals surface area contributed by atoms with Crippen molar-refractivity contribution in [3.05, 3.63) is 29.1 Å². The van der Waals surface area contributed by atoms with Gasteiger partial charge >= 0.3 is 0 Å². The van der Waals surface area contributed by atoms with Crippen molar-refractivity contribution in [3.63, 3.8) is 0 Å². The van der Waals surface area contributed by atoms with Crippen LogP contribution in [0.15, 0.2) is 12.1 Å². The highest BCUT2D eigenvalue weighted by Gasteiger charge is 2.28. The van der Waals surface area contributed by atoms with Crippen LogP contribution in [0.25, 0.3) is 0 Å². The van der Waals surface area contributed by atoms with Gasteiger partial charge in [0.05, 0.1) is 11.6 Å². The van der Waals surface area contributed by atoms with Crippen molar-refractivity contribution < 1.29 is 4.39 Å². The maximum absolute atomic E-state index is 13.5. The van der Waals surface area contributed by atoms with Gasteiger partial charge in [0.1, 0.15) is 5.82 Å². The Labute approximate surface area is 95.1 Å². The lowest BCUT2D eigenvalue weighted by Crippen LogP contribution is -2.18. The highest BCUT2D eigenvalue weighted by Crippen LogP contribution is 2.34. The fourth-order valence-corrected chi connectivity index (χ4v) is 1.85. The van der Waals surface area contributed by atoms with Gasteiger partial charge in [-0.25, -0.2) is 4.39 Å². The average Bonchev–Trinajstić information content (AvgIpc) is 3.07. The Balaban J connectivity index is 2.24. The van der Waals surface area contributed by atoms with Gasteiger partial charge in [0.2, 0.25) is 0 Å². The molecule has 1 aromatic rings. The van der Waals surface area contributed by atoms with Crippen LogP contribution in [-0.2, 0) is 0 Å². The van der Waals surface area contributed by atoms with Crippen LogP contribution in [0.3, 0.4) is 0 Å². The van der Waals surface area contributed by atoms with E-state index in [2.05, 4.69) is 12.2 Å². The molecular formula is C13H15FN2. The number of hydrogen-bond donors (Lipinski definition) is 1. The monoisotopic (exact) mass is 218 g/mol. The third-order valence-electron chi connectivity index (χ3n) is 3.19.